The lowest BCUT2D eigenvalue weighted by Gasteiger charge is -2.12. The van der Waals surface area contributed by atoms with E-state index in [9.17, 15) is 15.1 Å². The summed E-state index contributed by atoms with van der Waals surface area (Å²) >= 11 is 0. The number of hydrogen-bond donors (Lipinski definition) is 0. The smallest absolute Gasteiger partial charge is 0.377 e. The summed E-state index contributed by atoms with van der Waals surface area (Å²) in [7, 11) is 0. The van der Waals surface area contributed by atoms with Crippen LogP contribution in [0.5, 0.6) is 5.75 Å². The van der Waals surface area contributed by atoms with Gasteiger partial charge in [-0.1, -0.05) is 50.2 Å². The summed E-state index contributed by atoms with van der Waals surface area (Å²) in [6.07, 6.45) is 2.44. The maximum atomic E-state index is 12.5. The lowest BCUT2D eigenvalue weighted by molar-refractivity contribution is -0.129. The molecule has 130 valence electrons. The van der Waals surface area contributed by atoms with Crippen LogP contribution in [0.1, 0.15) is 35.3 Å². The van der Waals surface area contributed by atoms with Gasteiger partial charge in [0.25, 0.3) is 5.78 Å². The molecule has 2 aromatic rings. The highest BCUT2D eigenvalue weighted by Crippen LogP contribution is 2.23. The molecule has 0 heterocycles. The number of Topliss-reactive ketones (excluding diaryl/α,β-unsaturated/α-hetero) is 1. The summed E-state index contributed by atoms with van der Waals surface area (Å²) in [5, 5.41) is 0. The standard InChI is InChI=1S/C21H18N2O3/c1-13(2)11-14-7-9-16(10-8-14)26-21(25)18-12-15-5-3-4-6-17(15)20(24)19(18)23-22/h3-10,12-13H,11H2,1-2H3. The second-order valence-corrected chi connectivity index (χ2v) is 6.55. The van der Waals surface area contributed by atoms with Crippen LogP contribution in [0, 0.1) is 5.92 Å². The summed E-state index contributed by atoms with van der Waals surface area (Å²) in [5.74, 6) is -0.348. The average Bonchev–Trinajstić information content (AvgIpc) is 2.63. The van der Waals surface area contributed by atoms with Crippen LogP contribution in [0.3, 0.4) is 0 Å². The van der Waals surface area contributed by atoms with E-state index < -0.39 is 11.8 Å². The van der Waals surface area contributed by atoms with Crippen LogP contribution < -0.4 is 4.74 Å². The van der Waals surface area contributed by atoms with Gasteiger partial charge in [0.15, 0.2) is 5.57 Å². The minimum Gasteiger partial charge on any atom is -0.423 e. The molecule has 0 unspecified atom stereocenters. The molecule has 0 aromatic heterocycles. The number of esters is 1. The molecule has 0 bridgehead atoms. The number of fused-ring (bicyclic) bond motifs is 1. The van der Waals surface area contributed by atoms with Gasteiger partial charge in [-0.05, 0) is 41.7 Å². The van der Waals surface area contributed by atoms with E-state index in [-0.39, 0.29) is 11.3 Å². The number of carbonyl (C=O) groups excluding carboxylic acids is 2. The Balaban J connectivity index is 1.86. The highest BCUT2D eigenvalue weighted by atomic mass is 16.5. The zero-order chi connectivity index (χ0) is 18.7. The minimum absolute atomic E-state index is 0.0672. The molecule has 0 radical (unpaired) electrons. The number of ether oxygens (including phenoxy) is 1. The molecule has 1 aliphatic carbocycles. The number of rotatable bonds is 4. The van der Waals surface area contributed by atoms with Gasteiger partial charge in [0, 0.05) is 5.56 Å². The summed E-state index contributed by atoms with van der Waals surface area (Å²) in [4.78, 5) is 28.0. The van der Waals surface area contributed by atoms with Crippen molar-refractivity contribution in [1.82, 2.24) is 0 Å². The Morgan fingerprint density at radius 1 is 1.12 bits per heavy atom. The third-order valence-electron chi connectivity index (χ3n) is 4.07. The number of benzene rings is 2. The second-order valence-electron chi connectivity index (χ2n) is 6.55. The average molecular weight is 346 g/mol. The summed E-state index contributed by atoms with van der Waals surface area (Å²) < 4.78 is 5.36. The van der Waals surface area contributed by atoms with Crippen LogP contribution in [0.25, 0.3) is 11.6 Å². The monoisotopic (exact) mass is 346 g/mol. The van der Waals surface area contributed by atoms with Crippen molar-refractivity contribution in [2.45, 2.75) is 20.3 Å². The fourth-order valence-corrected chi connectivity index (χ4v) is 2.89. The quantitative estimate of drug-likeness (QED) is 0.366. The molecule has 1 aliphatic rings. The van der Waals surface area contributed by atoms with Crippen molar-refractivity contribution in [2.75, 3.05) is 0 Å². The Morgan fingerprint density at radius 2 is 1.81 bits per heavy atom. The van der Waals surface area contributed by atoms with Crippen molar-refractivity contribution in [2.24, 2.45) is 5.92 Å². The third kappa shape index (κ3) is 3.53. The zero-order valence-electron chi connectivity index (χ0n) is 14.6. The molecule has 5 heteroatoms. The molecule has 0 atom stereocenters. The first-order chi connectivity index (χ1) is 12.5. The fraction of sp³-hybridized carbons (Fsp3) is 0.190. The molecule has 0 N–H and O–H groups in total. The normalized spacial score (nSPS) is 13.1. The van der Waals surface area contributed by atoms with Gasteiger partial charge in [-0.2, -0.15) is 4.79 Å². The van der Waals surface area contributed by atoms with Gasteiger partial charge >= 0.3 is 11.7 Å². The molecule has 3 rings (SSSR count). The first-order valence-corrected chi connectivity index (χ1v) is 8.38. The van der Waals surface area contributed by atoms with E-state index in [1.165, 1.54) is 6.08 Å². The lowest BCUT2D eigenvalue weighted by atomic mass is 9.89. The van der Waals surface area contributed by atoms with Gasteiger partial charge in [-0.3, -0.25) is 4.79 Å². The van der Waals surface area contributed by atoms with Crippen molar-refractivity contribution >= 4 is 23.5 Å². The number of hydrogen-bond acceptors (Lipinski definition) is 3. The number of ketones is 1. The molecular weight excluding hydrogens is 328 g/mol. The molecule has 2 aromatic carbocycles. The molecular formula is C21H18N2O3. The predicted octanol–water partition coefficient (Wildman–Crippen LogP) is 3.74. The van der Waals surface area contributed by atoms with Gasteiger partial charge in [0.1, 0.15) is 5.75 Å². The van der Waals surface area contributed by atoms with E-state index in [2.05, 4.69) is 18.6 Å². The third-order valence-corrected chi connectivity index (χ3v) is 4.07. The number of nitrogens with zero attached hydrogens (tertiary/aromatic N) is 2. The molecule has 0 amide bonds. The molecule has 5 nitrogen and oxygen atoms in total. The maximum absolute atomic E-state index is 12.5. The minimum atomic E-state index is -0.739. The SMILES string of the molecule is CC(C)Cc1ccc(OC(=O)C2=Cc3ccccc3C(=O)C2=[N+]=[N-])cc1. The summed E-state index contributed by atoms with van der Waals surface area (Å²) in [6.45, 7) is 4.27. The topological polar surface area (TPSA) is 79.8 Å². The largest absolute Gasteiger partial charge is 0.423 e. The Labute approximate surface area is 151 Å². The predicted molar refractivity (Wildman–Crippen MR) is 98.0 cm³/mol. The van der Waals surface area contributed by atoms with E-state index >= 15 is 0 Å². The van der Waals surface area contributed by atoms with Crippen LogP contribution in [0.4, 0.5) is 0 Å². The van der Waals surface area contributed by atoms with E-state index in [1.54, 1.807) is 36.4 Å². The first-order valence-electron chi connectivity index (χ1n) is 8.38. The van der Waals surface area contributed by atoms with Crippen LogP contribution >= 0.6 is 0 Å². The first kappa shape index (κ1) is 17.5. The Kier molecular flexibility index (Phi) is 4.92. The van der Waals surface area contributed by atoms with Crippen molar-refractivity contribution in [1.29, 1.82) is 0 Å². The molecule has 0 fully saturated rings. The van der Waals surface area contributed by atoms with Gasteiger partial charge in [-0.25, -0.2) is 4.79 Å². The molecule has 0 saturated carbocycles. The summed E-state index contributed by atoms with van der Waals surface area (Å²) in [5.41, 5.74) is 11.0. The molecule has 0 aliphatic heterocycles. The Hall–Kier alpha value is -3.30. The van der Waals surface area contributed by atoms with E-state index in [0.717, 1.165) is 12.0 Å². The Morgan fingerprint density at radius 3 is 2.46 bits per heavy atom. The van der Waals surface area contributed by atoms with Crippen molar-refractivity contribution in [3.63, 3.8) is 0 Å². The van der Waals surface area contributed by atoms with Gasteiger partial charge < -0.3 is 10.3 Å². The molecule has 26 heavy (non-hydrogen) atoms. The van der Waals surface area contributed by atoms with Crippen LogP contribution in [0.2, 0.25) is 0 Å². The highest BCUT2D eigenvalue weighted by Gasteiger charge is 2.37. The van der Waals surface area contributed by atoms with Crippen LogP contribution in [-0.2, 0) is 11.2 Å². The van der Waals surface area contributed by atoms with E-state index in [1.807, 2.05) is 12.1 Å². The lowest BCUT2D eigenvalue weighted by Crippen LogP contribution is -2.29. The van der Waals surface area contributed by atoms with Crippen molar-refractivity contribution < 1.29 is 19.1 Å². The molecule has 0 saturated heterocycles. The van der Waals surface area contributed by atoms with Gasteiger partial charge in [-0.15, -0.1) is 0 Å². The summed E-state index contributed by atoms with van der Waals surface area (Å²) in [6, 6.07) is 14.0. The van der Waals surface area contributed by atoms with Gasteiger partial charge in [0.2, 0.25) is 0 Å². The van der Waals surface area contributed by atoms with E-state index in [4.69, 9.17) is 4.74 Å². The second kappa shape index (κ2) is 7.30. The number of carbonyl (C=O) groups is 2. The van der Waals surface area contributed by atoms with Crippen molar-refractivity contribution in [3.05, 3.63) is 76.3 Å². The fourth-order valence-electron chi connectivity index (χ4n) is 2.89. The van der Waals surface area contributed by atoms with Gasteiger partial charge in [0.05, 0.1) is 0 Å². The van der Waals surface area contributed by atoms with Crippen LogP contribution in [-0.4, -0.2) is 22.3 Å². The molecule has 0 spiro atoms. The Bertz CT molecular complexity index is 949. The van der Waals surface area contributed by atoms with Crippen molar-refractivity contribution in [3.8, 4) is 5.75 Å². The zero-order valence-corrected chi connectivity index (χ0v) is 14.6. The van der Waals surface area contributed by atoms with E-state index in [0.29, 0.717) is 22.8 Å². The van der Waals surface area contributed by atoms with Crippen LogP contribution in [0.15, 0.2) is 54.1 Å². The highest BCUT2D eigenvalue weighted by molar-refractivity contribution is 6.56. The maximum Gasteiger partial charge on any atom is 0.377 e.